The van der Waals surface area contributed by atoms with E-state index in [1.54, 1.807) is 18.3 Å². The summed E-state index contributed by atoms with van der Waals surface area (Å²) >= 11 is 0. The van der Waals surface area contributed by atoms with Gasteiger partial charge in [0.15, 0.2) is 0 Å². The number of aromatic nitrogens is 1. The molecule has 0 aliphatic heterocycles. The summed E-state index contributed by atoms with van der Waals surface area (Å²) in [5.74, 6) is -3.85. The van der Waals surface area contributed by atoms with Crippen LogP contribution in [0.25, 0.3) is 0 Å². The van der Waals surface area contributed by atoms with Crippen LogP contribution in [0.4, 0.5) is 4.39 Å². The van der Waals surface area contributed by atoms with Crippen LogP contribution in [-0.4, -0.2) is 27.1 Å². The van der Waals surface area contributed by atoms with Crippen LogP contribution in [0.15, 0.2) is 48.8 Å². The summed E-state index contributed by atoms with van der Waals surface area (Å²) in [4.78, 5) is 22.2. The number of hydrogen-bond donors (Lipinski definition) is 3. The molecule has 0 atom stereocenters. The van der Waals surface area contributed by atoms with E-state index in [2.05, 4.69) is 10.3 Å². The predicted molar refractivity (Wildman–Crippen MR) is 76.5 cm³/mol. The number of nitrogens with one attached hydrogen (secondary N) is 1. The van der Waals surface area contributed by atoms with Gasteiger partial charge in [-0.2, -0.15) is 0 Å². The van der Waals surface area contributed by atoms with Gasteiger partial charge >= 0.3 is 11.9 Å². The smallest absolute Gasteiger partial charge is 0.414 e. The molecule has 1 aromatic carbocycles. The summed E-state index contributed by atoms with van der Waals surface area (Å²) in [6.45, 7) is 1.50. The maximum Gasteiger partial charge on any atom is 0.414 e. The molecule has 2 aromatic rings. The Balaban J connectivity index is 0.000000346. The van der Waals surface area contributed by atoms with Gasteiger partial charge in [0.1, 0.15) is 5.82 Å². The summed E-state index contributed by atoms with van der Waals surface area (Å²) < 4.78 is 12.6. The number of nitrogens with zero attached hydrogens (tertiary/aromatic N) is 1. The van der Waals surface area contributed by atoms with Crippen LogP contribution in [0.5, 0.6) is 0 Å². The van der Waals surface area contributed by atoms with Crippen molar-refractivity contribution in [3.8, 4) is 0 Å². The molecule has 0 saturated carbocycles. The monoisotopic (exact) mass is 306 g/mol. The van der Waals surface area contributed by atoms with Crippen LogP contribution in [0.1, 0.15) is 11.1 Å². The highest BCUT2D eigenvalue weighted by Crippen LogP contribution is 2.02. The van der Waals surface area contributed by atoms with Crippen LogP contribution in [-0.2, 0) is 22.7 Å². The number of pyridine rings is 1. The average molecular weight is 306 g/mol. The molecule has 3 N–H and O–H groups in total. The van der Waals surface area contributed by atoms with Crippen molar-refractivity contribution in [1.29, 1.82) is 0 Å². The number of aliphatic carboxylic acids is 2. The molecule has 0 spiro atoms. The Kier molecular flexibility index (Phi) is 7.21. The number of carbonyl (C=O) groups is 2. The maximum absolute atomic E-state index is 12.6. The van der Waals surface area contributed by atoms with Crippen molar-refractivity contribution in [2.24, 2.45) is 0 Å². The first-order valence-electron chi connectivity index (χ1n) is 6.29. The minimum Gasteiger partial charge on any atom is -0.473 e. The first kappa shape index (κ1) is 17.3. The van der Waals surface area contributed by atoms with Gasteiger partial charge in [0.25, 0.3) is 0 Å². The van der Waals surface area contributed by atoms with Gasteiger partial charge in [-0.3, -0.25) is 4.98 Å². The molecular weight excluding hydrogens is 291 g/mol. The number of hydrogen-bond acceptors (Lipinski definition) is 4. The molecule has 6 nitrogen and oxygen atoms in total. The Labute approximate surface area is 126 Å². The summed E-state index contributed by atoms with van der Waals surface area (Å²) in [7, 11) is 0. The highest BCUT2D eigenvalue weighted by molar-refractivity contribution is 6.27. The lowest BCUT2D eigenvalue weighted by molar-refractivity contribution is -0.159. The van der Waals surface area contributed by atoms with Gasteiger partial charge in [0.2, 0.25) is 0 Å². The lowest BCUT2D eigenvalue weighted by Gasteiger charge is -2.04. The standard InChI is InChI=1S/C13H13FN2.C2H2O4/c14-13-5-3-11(4-6-13)8-16-10-12-2-1-7-15-9-12;3-1(4)2(5)6/h1-7,9,16H,8,10H2;(H,3,4)(H,5,6). The van der Waals surface area contributed by atoms with Crippen molar-refractivity contribution in [1.82, 2.24) is 10.3 Å². The molecule has 7 heteroatoms. The highest BCUT2D eigenvalue weighted by Gasteiger charge is 2.04. The van der Waals surface area contributed by atoms with Gasteiger partial charge in [-0.25, -0.2) is 14.0 Å². The zero-order valence-electron chi connectivity index (χ0n) is 11.6. The SMILES string of the molecule is Fc1ccc(CNCc2cccnc2)cc1.O=C(O)C(=O)O. The minimum absolute atomic E-state index is 0.198. The third-order valence-corrected chi connectivity index (χ3v) is 2.48. The first-order valence-corrected chi connectivity index (χ1v) is 6.29. The minimum atomic E-state index is -1.82. The Morgan fingerprint density at radius 3 is 2.09 bits per heavy atom. The van der Waals surface area contributed by atoms with Crippen molar-refractivity contribution in [2.75, 3.05) is 0 Å². The zero-order valence-corrected chi connectivity index (χ0v) is 11.6. The second-order valence-corrected chi connectivity index (χ2v) is 4.20. The van der Waals surface area contributed by atoms with E-state index in [1.165, 1.54) is 12.1 Å². The van der Waals surface area contributed by atoms with E-state index in [1.807, 2.05) is 18.3 Å². The molecule has 0 aliphatic rings. The van der Waals surface area contributed by atoms with Crippen molar-refractivity contribution in [3.63, 3.8) is 0 Å². The van der Waals surface area contributed by atoms with Gasteiger partial charge in [0, 0.05) is 25.5 Å². The fourth-order valence-corrected chi connectivity index (χ4v) is 1.46. The van der Waals surface area contributed by atoms with Crippen LogP contribution in [0.2, 0.25) is 0 Å². The Morgan fingerprint density at radius 1 is 1.00 bits per heavy atom. The highest BCUT2D eigenvalue weighted by atomic mass is 19.1. The fourth-order valence-electron chi connectivity index (χ4n) is 1.46. The molecular formula is C15H15FN2O4. The lowest BCUT2D eigenvalue weighted by Crippen LogP contribution is -2.12. The van der Waals surface area contributed by atoms with Crippen LogP contribution in [0, 0.1) is 5.82 Å². The predicted octanol–water partition coefficient (Wildman–Crippen LogP) is 1.67. The van der Waals surface area contributed by atoms with Crippen molar-refractivity contribution in [2.45, 2.75) is 13.1 Å². The van der Waals surface area contributed by atoms with Crippen molar-refractivity contribution < 1.29 is 24.2 Å². The third-order valence-electron chi connectivity index (χ3n) is 2.48. The molecule has 1 heterocycles. The first-order chi connectivity index (χ1) is 10.5. The van der Waals surface area contributed by atoms with E-state index in [4.69, 9.17) is 19.8 Å². The van der Waals surface area contributed by atoms with Gasteiger partial charge in [-0.15, -0.1) is 0 Å². The normalized spacial score (nSPS) is 9.50. The summed E-state index contributed by atoms with van der Waals surface area (Å²) in [6.07, 6.45) is 3.58. The molecule has 22 heavy (non-hydrogen) atoms. The Hall–Kier alpha value is -2.80. The van der Waals surface area contributed by atoms with E-state index in [9.17, 15) is 4.39 Å². The van der Waals surface area contributed by atoms with E-state index < -0.39 is 11.9 Å². The molecule has 0 aliphatic carbocycles. The van der Waals surface area contributed by atoms with E-state index >= 15 is 0 Å². The molecule has 0 saturated heterocycles. The number of carboxylic acids is 2. The van der Waals surface area contributed by atoms with Crippen LogP contribution >= 0.6 is 0 Å². The fraction of sp³-hybridized carbons (Fsp3) is 0.133. The summed E-state index contributed by atoms with van der Waals surface area (Å²) in [5, 5.41) is 18.1. The van der Waals surface area contributed by atoms with Crippen LogP contribution in [0.3, 0.4) is 0 Å². The number of carboxylic acid groups (broad SMARTS) is 2. The average Bonchev–Trinajstić information content (AvgIpc) is 2.51. The lowest BCUT2D eigenvalue weighted by atomic mass is 10.2. The number of halogens is 1. The van der Waals surface area contributed by atoms with E-state index in [0.29, 0.717) is 0 Å². The van der Waals surface area contributed by atoms with Gasteiger partial charge in [-0.05, 0) is 29.3 Å². The van der Waals surface area contributed by atoms with Crippen molar-refractivity contribution in [3.05, 3.63) is 65.7 Å². The molecule has 2 rings (SSSR count). The van der Waals surface area contributed by atoms with Gasteiger partial charge < -0.3 is 15.5 Å². The number of rotatable bonds is 4. The summed E-state index contributed by atoms with van der Waals surface area (Å²) in [6, 6.07) is 10.4. The second-order valence-electron chi connectivity index (χ2n) is 4.20. The molecule has 0 radical (unpaired) electrons. The second kappa shape index (κ2) is 9.19. The maximum atomic E-state index is 12.6. The Morgan fingerprint density at radius 2 is 1.59 bits per heavy atom. The number of benzene rings is 1. The van der Waals surface area contributed by atoms with E-state index in [-0.39, 0.29) is 5.82 Å². The van der Waals surface area contributed by atoms with Gasteiger partial charge in [-0.1, -0.05) is 18.2 Å². The van der Waals surface area contributed by atoms with E-state index in [0.717, 1.165) is 24.2 Å². The molecule has 0 amide bonds. The topological polar surface area (TPSA) is 99.5 Å². The van der Waals surface area contributed by atoms with Crippen LogP contribution < -0.4 is 5.32 Å². The molecule has 0 unspecified atom stereocenters. The zero-order chi connectivity index (χ0) is 16.4. The Bertz CT molecular complexity index is 591. The van der Waals surface area contributed by atoms with Crippen molar-refractivity contribution >= 4 is 11.9 Å². The molecule has 0 bridgehead atoms. The molecule has 0 fully saturated rings. The summed E-state index contributed by atoms with van der Waals surface area (Å²) in [5.41, 5.74) is 2.22. The van der Waals surface area contributed by atoms with Gasteiger partial charge in [0.05, 0.1) is 0 Å². The largest absolute Gasteiger partial charge is 0.473 e. The molecule has 1 aromatic heterocycles. The third kappa shape index (κ3) is 7.11. The molecule has 116 valence electrons. The quantitative estimate of drug-likeness (QED) is 0.743.